The summed E-state index contributed by atoms with van der Waals surface area (Å²) in [6, 6.07) is 12.1. The molecule has 2 aromatic carbocycles. The van der Waals surface area contributed by atoms with E-state index in [0.29, 0.717) is 21.5 Å². The minimum absolute atomic E-state index is 0.256. The molecule has 0 aliphatic heterocycles. The number of anilines is 1. The van der Waals surface area contributed by atoms with Crippen molar-refractivity contribution in [1.29, 1.82) is 0 Å². The molecule has 21 heavy (non-hydrogen) atoms. The molecule has 6 heteroatoms. The van der Waals surface area contributed by atoms with E-state index in [-0.39, 0.29) is 5.91 Å². The first kappa shape index (κ1) is 16.1. The predicted octanol–water partition coefficient (Wildman–Crippen LogP) is 5.16. The molecule has 0 aliphatic rings. The highest BCUT2D eigenvalue weighted by Crippen LogP contribution is 2.25. The summed E-state index contributed by atoms with van der Waals surface area (Å²) in [6.07, 6.45) is -0.678. The van der Waals surface area contributed by atoms with E-state index >= 15 is 0 Å². The van der Waals surface area contributed by atoms with Crippen molar-refractivity contribution >= 4 is 50.7 Å². The number of nitrogens with one attached hydrogen (secondary N) is 1. The van der Waals surface area contributed by atoms with Crippen LogP contribution in [0.25, 0.3) is 0 Å². The van der Waals surface area contributed by atoms with Crippen LogP contribution in [0.3, 0.4) is 0 Å². The Morgan fingerprint density at radius 2 is 1.71 bits per heavy atom. The van der Waals surface area contributed by atoms with Crippen LogP contribution in [0.2, 0.25) is 10.0 Å². The molecule has 0 saturated heterocycles. The topological polar surface area (TPSA) is 38.3 Å². The molecule has 1 atom stereocenters. The maximum absolute atomic E-state index is 12.1. The van der Waals surface area contributed by atoms with Crippen LogP contribution in [0, 0.1) is 0 Å². The number of carbonyl (C=O) groups excluding carboxylic acids is 1. The first-order valence-corrected chi connectivity index (χ1v) is 7.68. The smallest absolute Gasteiger partial charge is 0.265 e. The molecule has 1 N–H and O–H groups in total. The normalized spacial score (nSPS) is 11.8. The Kier molecular flexibility index (Phi) is 5.51. The van der Waals surface area contributed by atoms with Crippen molar-refractivity contribution in [2.75, 3.05) is 5.32 Å². The molecule has 1 amide bonds. The Morgan fingerprint density at radius 3 is 2.29 bits per heavy atom. The number of hydrogen-bond donors (Lipinski definition) is 1. The average molecular weight is 389 g/mol. The fourth-order valence-corrected chi connectivity index (χ4v) is 2.40. The average Bonchev–Trinajstić information content (AvgIpc) is 2.40. The van der Waals surface area contributed by atoms with Gasteiger partial charge in [0.25, 0.3) is 5.91 Å². The van der Waals surface area contributed by atoms with Gasteiger partial charge >= 0.3 is 0 Å². The lowest BCUT2D eigenvalue weighted by molar-refractivity contribution is -0.122. The first-order valence-electron chi connectivity index (χ1n) is 6.13. The largest absolute Gasteiger partial charge is 0.481 e. The van der Waals surface area contributed by atoms with E-state index in [1.165, 1.54) is 0 Å². The van der Waals surface area contributed by atoms with Crippen molar-refractivity contribution in [1.82, 2.24) is 0 Å². The Labute approximate surface area is 141 Å². The lowest BCUT2D eigenvalue weighted by Gasteiger charge is -2.15. The second kappa shape index (κ2) is 7.16. The molecule has 0 fully saturated rings. The molecule has 0 heterocycles. The zero-order valence-corrected chi connectivity index (χ0v) is 14.2. The van der Waals surface area contributed by atoms with Gasteiger partial charge in [0.15, 0.2) is 6.10 Å². The van der Waals surface area contributed by atoms with Crippen molar-refractivity contribution < 1.29 is 9.53 Å². The molecule has 2 aromatic rings. The Bertz CT molecular complexity index is 626. The maximum atomic E-state index is 12.1. The molecular weight excluding hydrogens is 377 g/mol. The molecule has 2 rings (SSSR count). The minimum Gasteiger partial charge on any atom is -0.481 e. The van der Waals surface area contributed by atoms with Gasteiger partial charge in [0.05, 0.1) is 0 Å². The summed E-state index contributed by atoms with van der Waals surface area (Å²) in [5.74, 6) is 0.194. The fraction of sp³-hybridized carbons (Fsp3) is 0.133. The summed E-state index contributed by atoms with van der Waals surface area (Å²) in [7, 11) is 0. The van der Waals surface area contributed by atoms with Crippen molar-refractivity contribution in [2.45, 2.75) is 13.0 Å². The second-order valence-electron chi connectivity index (χ2n) is 4.36. The summed E-state index contributed by atoms with van der Waals surface area (Å²) < 4.78 is 6.49. The Morgan fingerprint density at radius 1 is 1.14 bits per heavy atom. The third kappa shape index (κ3) is 4.92. The standard InChI is InChI=1S/C15H12BrCl2NO2/c1-9(21-14-7-11(17)6-12(18)8-14)15(20)19-13-4-2-10(16)3-5-13/h2-9H,1H3,(H,19,20). The van der Waals surface area contributed by atoms with E-state index in [0.717, 1.165) is 4.47 Å². The predicted molar refractivity (Wildman–Crippen MR) is 89.3 cm³/mol. The minimum atomic E-state index is -0.678. The number of amides is 1. The summed E-state index contributed by atoms with van der Waals surface area (Å²) >= 11 is 15.1. The molecule has 1 unspecified atom stereocenters. The monoisotopic (exact) mass is 387 g/mol. The molecule has 0 bridgehead atoms. The van der Waals surface area contributed by atoms with Crippen LogP contribution in [0.5, 0.6) is 5.75 Å². The van der Waals surface area contributed by atoms with Gasteiger partial charge in [-0.2, -0.15) is 0 Å². The molecule has 0 radical (unpaired) electrons. The van der Waals surface area contributed by atoms with Gasteiger partial charge in [-0.15, -0.1) is 0 Å². The fourth-order valence-electron chi connectivity index (χ4n) is 1.63. The number of ether oxygens (including phenoxy) is 1. The van der Waals surface area contributed by atoms with Gasteiger partial charge in [0.1, 0.15) is 5.75 Å². The number of rotatable bonds is 4. The van der Waals surface area contributed by atoms with Gasteiger partial charge < -0.3 is 10.1 Å². The van der Waals surface area contributed by atoms with Crippen molar-refractivity contribution in [3.05, 3.63) is 57.0 Å². The van der Waals surface area contributed by atoms with Crippen LogP contribution in [0.1, 0.15) is 6.92 Å². The van der Waals surface area contributed by atoms with Gasteiger partial charge in [-0.25, -0.2) is 0 Å². The van der Waals surface area contributed by atoms with Crippen molar-refractivity contribution in [3.63, 3.8) is 0 Å². The first-order chi connectivity index (χ1) is 9.94. The Hall–Kier alpha value is -1.23. The lowest BCUT2D eigenvalue weighted by Crippen LogP contribution is -2.30. The highest BCUT2D eigenvalue weighted by Gasteiger charge is 2.15. The summed E-state index contributed by atoms with van der Waals surface area (Å²) in [4.78, 5) is 12.1. The van der Waals surface area contributed by atoms with E-state index in [1.54, 1.807) is 37.3 Å². The van der Waals surface area contributed by atoms with Crippen LogP contribution < -0.4 is 10.1 Å². The molecule has 0 aliphatic carbocycles. The molecule has 0 saturated carbocycles. The van der Waals surface area contributed by atoms with E-state index < -0.39 is 6.10 Å². The quantitative estimate of drug-likeness (QED) is 0.785. The van der Waals surface area contributed by atoms with Gasteiger partial charge in [0.2, 0.25) is 0 Å². The zero-order chi connectivity index (χ0) is 15.4. The molecule has 0 spiro atoms. The van der Waals surface area contributed by atoms with Crippen molar-refractivity contribution in [3.8, 4) is 5.75 Å². The van der Waals surface area contributed by atoms with E-state index in [4.69, 9.17) is 27.9 Å². The van der Waals surface area contributed by atoms with Gasteiger partial charge in [-0.05, 0) is 49.4 Å². The Balaban J connectivity index is 2.00. The number of hydrogen-bond acceptors (Lipinski definition) is 2. The highest BCUT2D eigenvalue weighted by atomic mass is 79.9. The third-order valence-electron chi connectivity index (χ3n) is 2.63. The summed E-state index contributed by atoms with van der Waals surface area (Å²) in [5, 5.41) is 3.68. The van der Waals surface area contributed by atoms with E-state index in [2.05, 4.69) is 21.2 Å². The number of halogens is 3. The summed E-state index contributed by atoms with van der Waals surface area (Å²) in [5.41, 5.74) is 0.697. The van der Waals surface area contributed by atoms with E-state index in [9.17, 15) is 4.79 Å². The van der Waals surface area contributed by atoms with Crippen LogP contribution >= 0.6 is 39.1 Å². The van der Waals surface area contributed by atoms with E-state index in [1.807, 2.05) is 12.1 Å². The van der Waals surface area contributed by atoms with Crippen LogP contribution in [0.15, 0.2) is 46.9 Å². The maximum Gasteiger partial charge on any atom is 0.265 e. The molecule has 110 valence electrons. The van der Waals surface area contributed by atoms with Crippen LogP contribution in [-0.2, 0) is 4.79 Å². The number of benzene rings is 2. The van der Waals surface area contributed by atoms with Crippen LogP contribution in [0.4, 0.5) is 5.69 Å². The molecule has 3 nitrogen and oxygen atoms in total. The van der Waals surface area contributed by atoms with Crippen molar-refractivity contribution in [2.24, 2.45) is 0 Å². The molecular formula is C15H12BrCl2NO2. The highest BCUT2D eigenvalue weighted by molar-refractivity contribution is 9.10. The lowest BCUT2D eigenvalue weighted by atomic mass is 10.3. The second-order valence-corrected chi connectivity index (χ2v) is 6.15. The third-order valence-corrected chi connectivity index (χ3v) is 3.60. The van der Waals surface area contributed by atoms with Gasteiger partial charge in [-0.1, -0.05) is 39.1 Å². The summed E-state index contributed by atoms with van der Waals surface area (Å²) in [6.45, 7) is 1.66. The van der Waals surface area contributed by atoms with Gasteiger partial charge in [-0.3, -0.25) is 4.79 Å². The molecule has 0 aromatic heterocycles. The van der Waals surface area contributed by atoms with Crippen LogP contribution in [-0.4, -0.2) is 12.0 Å². The SMILES string of the molecule is CC(Oc1cc(Cl)cc(Cl)c1)C(=O)Nc1ccc(Br)cc1. The number of carbonyl (C=O) groups is 1. The zero-order valence-electron chi connectivity index (χ0n) is 11.1. The van der Waals surface area contributed by atoms with Gasteiger partial charge in [0, 0.05) is 20.2 Å².